The lowest BCUT2D eigenvalue weighted by molar-refractivity contribution is 0.256. The minimum atomic E-state index is -4.08. The van der Waals surface area contributed by atoms with Gasteiger partial charge in [0, 0.05) is 11.8 Å². The maximum absolute atomic E-state index is 12.5. The number of thioether (sulfide) groups is 1. The van der Waals surface area contributed by atoms with Crippen LogP contribution in [0.5, 0.6) is 11.6 Å². The highest BCUT2D eigenvalue weighted by Crippen LogP contribution is 2.40. The quantitative estimate of drug-likeness (QED) is 0.821. The van der Waals surface area contributed by atoms with Crippen molar-refractivity contribution in [1.82, 2.24) is 14.7 Å². The van der Waals surface area contributed by atoms with Crippen LogP contribution in [0, 0.1) is 6.92 Å². The molecule has 0 spiro atoms. The monoisotopic (exact) mass is 382 g/mol. The fraction of sp³-hybridized carbons (Fsp3) is 0.214. The molecule has 0 aliphatic carbocycles. The average molecular weight is 382 g/mol. The van der Waals surface area contributed by atoms with Crippen molar-refractivity contribution in [2.45, 2.75) is 16.7 Å². The van der Waals surface area contributed by atoms with Crippen molar-refractivity contribution in [3.8, 4) is 11.6 Å². The number of hydrogen-bond acceptors (Lipinski definition) is 8. The number of hydrogen-bond donors (Lipinski definition) is 2. The summed E-state index contributed by atoms with van der Waals surface area (Å²) in [6, 6.07) is 5.22. The number of amides is 2. The normalized spacial score (nSPS) is 12.9. The zero-order chi connectivity index (χ0) is 18.0. The van der Waals surface area contributed by atoms with E-state index in [1.807, 2.05) is 4.72 Å². The molecule has 2 heterocycles. The van der Waals surface area contributed by atoms with Crippen molar-refractivity contribution in [2.24, 2.45) is 0 Å². The predicted molar refractivity (Wildman–Crippen MR) is 90.5 cm³/mol. The Balaban J connectivity index is 1.79. The Bertz CT molecular complexity index is 933. The highest BCUT2D eigenvalue weighted by molar-refractivity contribution is 8.00. The molecular weight excluding hydrogens is 368 g/mol. The summed E-state index contributed by atoms with van der Waals surface area (Å²) in [6.45, 7) is 1.69. The Hall–Kier alpha value is -2.53. The van der Waals surface area contributed by atoms with E-state index in [4.69, 9.17) is 9.47 Å². The van der Waals surface area contributed by atoms with Gasteiger partial charge in [-0.05, 0) is 19.1 Å². The van der Waals surface area contributed by atoms with Crippen LogP contribution in [-0.2, 0) is 10.0 Å². The van der Waals surface area contributed by atoms with E-state index < -0.39 is 16.1 Å². The zero-order valence-electron chi connectivity index (χ0n) is 13.3. The fourth-order valence-electron chi connectivity index (χ4n) is 2.12. The predicted octanol–water partition coefficient (Wildman–Crippen LogP) is 1.75. The lowest BCUT2D eigenvalue weighted by atomic mass is 10.3. The topological polar surface area (TPSA) is 120 Å². The third-order valence-corrected chi connectivity index (χ3v) is 5.59. The number of carbonyl (C=O) groups excluding carboxylic acids is 1. The van der Waals surface area contributed by atoms with Gasteiger partial charge < -0.3 is 9.47 Å². The van der Waals surface area contributed by atoms with E-state index in [1.54, 1.807) is 25.1 Å². The minimum absolute atomic E-state index is 0.0228. The van der Waals surface area contributed by atoms with E-state index in [0.29, 0.717) is 22.3 Å². The molecule has 0 atom stereocenters. The standard InChI is InChI=1S/C14H14N4O5S2/c1-8-6-11(22-2)16-13(15-8)17-14(19)18-25(20,21)10-5-3-4-9-12(10)24-7-23-9/h3-6H,7H2,1-2H3,(H2,15,16,17,18,19). The first-order chi connectivity index (χ1) is 11.9. The van der Waals surface area contributed by atoms with Gasteiger partial charge in [0.05, 0.1) is 12.0 Å². The van der Waals surface area contributed by atoms with Gasteiger partial charge >= 0.3 is 6.03 Å². The van der Waals surface area contributed by atoms with Gasteiger partial charge in [-0.15, -0.1) is 0 Å². The number of anilines is 1. The SMILES string of the molecule is COc1cc(C)nc(NC(=O)NS(=O)(=O)c2cccc3c2SCO3)n1. The third kappa shape index (κ3) is 3.77. The lowest BCUT2D eigenvalue weighted by Gasteiger charge is -2.10. The summed E-state index contributed by atoms with van der Waals surface area (Å²) in [5.74, 6) is 0.978. The number of rotatable bonds is 4. The molecular formula is C14H14N4O5S2. The second-order valence-corrected chi connectivity index (χ2v) is 7.51. The van der Waals surface area contributed by atoms with Crippen LogP contribution in [0.25, 0.3) is 0 Å². The lowest BCUT2D eigenvalue weighted by Crippen LogP contribution is -2.35. The minimum Gasteiger partial charge on any atom is -0.481 e. The molecule has 1 aromatic heterocycles. The molecule has 0 saturated carbocycles. The maximum Gasteiger partial charge on any atom is 0.335 e. The number of aryl methyl sites for hydroxylation is 1. The number of urea groups is 1. The maximum atomic E-state index is 12.5. The number of nitrogens with zero attached hydrogens (tertiary/aromatic N) is 2. The van der Waals surface area contributed by atoms with Crippen LogP contribution in [0.15, 0.2) is 34.1 Å². The molecule has 2 aromatic rings. The van der Waals surface area contributed by atoms with Crippen LogP contribution < -0.4 is 19.5 Å². The molecule has 1 aliphatic rings. The number of carbonyl (C=O) groups is 1. The van der Waals surface area contributed by atoms with E-state index >= 15 is 0 Å². The highest BCUT2D eigenvalue weighted by atomic mass is 32.2. The molecule has 1 aliphatic heterocycles. The summed E-state index contributed by atoms with van der Waals surface area (Å²) >= 11 is 1.25. The van der Waals surface area contributed by atoms with Crippen molar-refractivity contribution in [1.29, 1.82) is 0 Å². The van der Waals surface area contributed by atoms with Gasteiger partial charge in [-0.1, -0.05) is 17.8 Å². The fourth-order valence-corrected chi connectivity index (χ4v) is 4.42. The largest absolute Gasteiger partial charge is 0.481 e. The smallest absolute Gasteiger partial charge is 0.335 e. The summed E-state index contributed by atoms with van der Waals surface area (Å²) in [4.78, 5) is 20.4. The highest BCUT2D eigenvalue weighted by Gasteiger charge is 2.27. The molecule has 9 nitrogen and oxygen atoms in total. The molecule has 0 unspecified atom stereocenters. The summed E-state index contributed by atoms with van der Waals surface area (Å²) in [7, 11) is -2.66. The van der Waals surface area contributed by atoms with Crippen LogP contribution in [-0.4, -0.2) is 37.5 Å². The number of fused-ring (bicyclic) bond motifs is 1. The van der Waals surface area contributed by atoms with Gasteiger partial charge in [0.1, 0.15) is 16.6 Å². The summed E-state index contributed by atoms with van der Waals surface area (Å²) < 4.78 is 37.2. The first-order valence-corrected chi connectivity index (χ1v) is 9.48. The van der Waals surface area contributed by atoms with E-state index in [9.17, 15) is 13.2 Å². The molecule has 132 valence electrons. The zero-order valence-corrected chi connectivity index (χ0v) is 14.9. The van der Waals surface area contributed by atoms with E-state index in [0.717, 1.165) is 0 Å². The number of benzene rings is 1. The van der Waals surface area contributed by atoms with Crippen LogP contribution in [0.4, 0.5) is 10.7 Å². The number of nitrogens with one attached hydrogen (secondary N) is 2. The van der Waals surface area contributed by atoms with Gasteiger partial charge in [0.15, 0.2) is 0 Å². The molecule has 0 radical (unpaired) electrons. The van der Waals surface area contributed by atoms with E-state index in [1.165, 1.54) is 24.9 Å². The molecule has 25 heavy (non-hydrogen) atoms. The molecule has 3 rings (SSSR count). The second kappa shape index (κ2) is 6.76. The molecule has 11 heteroatoms. The number of aromatic nitrogens is 2. The van der Waals surface area contributed by atoms with E-state index in [-0.39, 0.29) is 16.7 Å². The van der Waals surface area contributed by atoms with Crippen molar-refractivity contribution >= 4 is 33.8 Å². The Kier molecular flexibility index (Phi) is 4.68. The van der Waals surface area contributed by atoms with Crippen LogP contribution in [0.3, 0.4) is 0 Å². The van der Waals surface area contributed by atoms with Crippen molar-refractivity contribution in [3.63, 3.8) is 0 Å². The molecule has 0 fully saturated rings. The summed E-state index contributed by atoms with van der Waals surface area (Å²) in [5.41, 5.74) is 0.555. The van der Waals surface area contributed by atoms with Crippen molar-refractivity contribution in [2.75, 3.05) is 18.4 Å². The molecule has 0 saturated heterocycles. The van der Waals surface area contributed by atoms with Crippen molar-refractivity contribution in [3.05, 3.63) is 30.0 Å². The van der Waals surface area contributed by atoms with Gasteiger partial charge in [-0.3, -0.25) is 5.32 Å². The van der Waals surface area contributed by atoms with Crippen LogP contribution in [0.2, 0.25) is 0 Å². The Morgan fingerprint density at radius 1 is 1.36 bits per heavy atom. The summed E-state index contributed by atoms with van der Waals surface area (Å²) in [6.07, 6.45) is 0. The van der Waals surface area contributed by atoms with Gasteiger partial charge in [0.2, 0.25) is 11.8 Å². The number of ether oxygens (including phenoxy) is 2. The van der Waals surface area contributed by atoms with Crippen LogP contribution >= 0.6 is 11.8 Å². The van der Waals surface area contributed by atoms with Gasteiger partial charge in [-0.2, -0.15) is 4.98 Å². The summed E-state index contributed by atoms with van der Waals surface area (Å²) in [5, 5.41) is 2.28. The second-order valence-electron chi connectivity index (χ2n) is 4.92. The molecule has 2 N–H and O–H groups in total. The first kappa shape index (κ1) is 17.3. The molecule has 1 aromatic carbocycles. The van der Waals surface area contributed by atoms with Gasteiger partial charge in [0.25, 0.3) is 10.0 Å². The Morgan fingerprint density at radius 2 is 2.16 bits per heavy atom. The van der Waals surface area contributed by atoms with Gasteiger partial charge in [-0.25, -0.2) is 22.9 Å². The van der Waals surface area contributed by atoms with E-state index in [2.05, 4.69) is 15.3 Å². The van der Waals surface area contributed by atoms with Crippen LogP contribution in [0.1, 0.15) is 5.69 Å². The first-order valence-electron chi connectivity index (χ1n) is 7.01. The third-order valence-electron chi connectivity index (χ3n) is 3.14. The van der Waals surface area contributed by atoms with Crippen molar-refractivity contribution < 1.29 is 22.7 Å². The molecule has 2 amide bonds. The average Bonchev–Trinajstić information content (AvgIpc) is 3.01. The number of methoxy groups -OCH3 is 1. The Morgan fingerprint density at radius 3 is 2.92 bits per heavy atom. The Labute approximate surface area is 148 Å². The molecule has 0 bridgehead atoms. The number of sulfonamides is 1.